The molecule has 75 valence electrons. The average Bonchev–Trinajstić information content (AvgIpc) is 2.19. The predicted molar refractivity (Wildman–Crippen MR) is 54.2 cm³/mol. The van der Waals surface area contributed by atoms with E-state index in [9.17, 15) is 0 Å². The van der Waals surface area contributed by atoms with E-state index in [1.54, 1.807) is 0 Å². The summed E-state index contributed by atoms with van der Waals surface area (Å²) in [5.74, 6) is 0. The molecule has 1 radical (unpaired) electrons. The van der Waals surface area contributed by atoms with E-state index in [1.165, 1.54) is 0 Å². The molecule has 1 fully saturated rings. The van der Waals surface area contributed by atoms with Gasteiger partial charge < -0.3 is 4.74 Å². The SMILES string of the molecule is Clc1[c]ccc(CN2CCOCC2)n1. The number of hydrogen-bond donors (Lipinski definition) is 0. The second-order valence-electron chi connectivity index (χ2n) is 3.26. The number of rotatable bonds is 2. The first-order valence-electron chi connectivity index (χ1n) is 4.68. The lowest BCUT2D eigenvalue weighted by Gasteiger charge is -2.26. The predicted octanol–water partition coefficient (Wildman–Crippen LogP) is 1.37. The number of aromatic nitrogens is 1. The van der Waals surface area contributed by atoms with Gasteiger partial charge in [-0.3, -0.25) is 4.90 Å². The van der Waals surface area contributed by atoms with Crippen LogP contribution in [-0.4, -0.2) is 36.2 Å². The molecule has 1 aromatic heterocycles. The number of pyridine rings is 1. The van der Waals surface area contributed by atoms with Gasteiger partial charge >= 0.3 is 0 Å². The monoisotopic (exact) mass is 211 g/mol. The zero-order valence-corrected chi connectivity index (χ0v) is 8.63. The summed E-state index contributed by atoms with van der Waals surface area (Å²) in [5.41, 5.74) is 0.996. The van der Waals surface area contributed by atoms with Gasteiger partial charge in [0.15, 0.2) is 0 Å². The van der Waals surface area contributed by atoms with Crippen molar-refractivity contribution < 1.29 is 4.74 Å². The van der Waals surface area contributed by atoms with E-state index in [4.69, 9.17) is 16.3 Å². The van der Waals surface area contributed by atoms with Gasteiger partial charge in [0.1, 0.15) is 5.15 Å². The van der Waals surface area contributed by atoms with Crippen molar-refractivity contribution in [1.29, 1.82) is 0 Å². The molecule has 0 aromatic carbocycles. The summed E-state index contributed by atoms with van der Waals surface area (Å²) in [6.07, 6.45) is 0. The second kappa shape index (κ2) is 4.73. The van der Waals surface area contributed by atoms with Crippen LogP contribution in [0.5, 0.6) is 0 Å². The quantitative estimate of drug-likeness (QED) is 0.691. The largest absolute Gasteiger partial charge is 0.379 e. The van der Waals surface area contributed by atoms with Crippen molar-refractivity contribution in [2.45, 2.75) is 6.54 Å². The number of nitrogens with zero attached hydrogens (tertiary/aromatic N) is 2. The smallest absolute Gasteiger partial charge is 0.137 e. The Balaban J connectivity index is 1.95. The van der Waals surface area contributed by atoms with Gasteiger partial charge in [0.25, 0.3) is 0 Å². The van der Waals surface area contributed by atoms with E-state index in [0.29, 0.717) is 5.15 Å². The van der Waals surface area contributed by atoms with Crippen LogP contribution in [0.15, 0.2) is 12.1 Å². The summed E-state index contributed by atoms with van der Waals surface area (Å²) in [6, 6.07) is 6.58. The van der Waals surface area contributed by atoms with Crippen molar-refractivity contribution in [1.82, 2.24) is 9.88 Å². The third kappa shape index (κ3) is 2.67. The first-order valence-corrected chi connectivity index (χ1v) is 5.05. The maximum absolute atomic E-state index is 5.75. The summed E-state index contributed by atoms with van der Waals surface area (Å²) in [6.45, 7) is 4.41. The zero-order chi connectivity index (χ0) is 9.80. The zero-order valence-electron chi connectivity index (χ0n) is 7.87. The molecule has 1 aliphatic rings. The molecule has 1 saturated heterocycles. The number of morpholine rings is 1. The Labute approximate surface area is 88.6 Å². The maximum atomic E-state index is 5.75. The minimum atomic E-state index is 0.441. The molecular weight excluding hydrogens is 200 g/mol. The molecule has 14 heavy (non-hydrogen) atoms. The van der Waals surface area contributed by atoms with Gasteiger partial charge in [-0.1, -0.05) is 11.6 Å². The molecule has 0 saturated carbocycles. The Morgan fingerprint density at radius 1 is 1.50 bits per heavy atom. The first-order chi connectivity index (χ1) is 6.84. The van der Waals surface area contributed by atoms with E-state index in [2.05, 4.69) is 16.0 Å². The Morgan fingerprint density at radius 3 is 3.00 bits per heavy atom. The number of halogens is 1. The average molecular weight is 212 g/mol. The van der Waals surface area contributed by atoms with E-state index in [0.717, 1.165) is 38.5 Å². The highest BCUT2D eigenvalue weighted by atomic mass is 35.5. The Morgan fingerprint density at radius 2 is 2.29 bits per heavy atom. The van der Waals surface area contributed by atoms with Crippen LogP contribution >= 0.6 is 11.6 Å². The van der Waals surface area contributed by atoms with Gasteiger partial charge in [0.05, 0.1) is 18.9 Å². The Hall–Kier alpha value is -0.640. The molecule has 0 unspecified atom stereocenters. The van der Waals surface area contributed by atoms with Gasteiger partial charge in [-0.05, 0) is 12.1 Å². The van der Waals surface area contributed by atoms with Gasteiger partial charge in [-0.15, -0.1) is 0 Å². The van der Waals surface area contributed by atoms with E-state index in [1.807, 2.05) is 12.1 Å². The highest BCUT2D eigenvalue weighted by Crippen LogP contribution is 2.08. The molecule has 0 amide bonds. The lowest BCUT2D eigenvalue weighted by Crippen LogP contribution is -2.35. The molecule has 0 N–H and O–H groups in total. The highest BCUT2D eigenvalue weighted by molar-refractivity contribution is 6.29. The van der Waals surface area contributed by atoms with Crippen molar-refractivity contribution in [3.05, 3.63) is 29.0 Å². The first kappa shape index (κ1) is 9.90. The molecule has 0 atom stereocenters. The summed E-state index contributed by atoms with van der Waals surface area (Å²) >= 11 is 5.75. The summed E-state index contributed by atoms with van der Waals surface area (Å²) in [5, 5.41) is 0.441. The van der Waals surface area contributed by atoms with Gasteiger partial charge in [0, 0.05) is 25.7 Å². The van der Waals surface area contributed by atoms with Gasteiger partial charge in [0.2, 0.25) is 0 Å². The fraction of sp³-hybridized carbons (Fsp3) is 0.500. The van der Waals surface area contributed by atoms with Crippen molar-refractivity contribution >= 4 is 11.6 Å². The van der Waals surface area contributed by atoms with E-state index < -0.39 is 0 Å². The van der Waals surface area contributed by atoms with E-state index in [-0.39, 0.29) is 0 Å². The molecule has 1 aromatic rings. The van der Waals surface area contributed by atoms with Gasteiger partial charge in [-0.2, -0.15) is 0 Å². The van der Waals surface area contributed by atoms with Crippen LogP contribution in [0.25, 0.3) is 0 Å². The summed E-state index contributed by atoms with van der Waals surface area (Å²) in [4.78, 5) is 6.50. The van der Waals surface area contributed by atoms with Crippen LogP contribution in [0.3, 0.4) is 0 Å². The number of ether oxygens (including phenoxy) is 1. The standard InChI is InChI=1S/C10H12ClN2O/c11-10-3-1-2-9(12-10)8-13-4-6-14-7-5-13/h1-2H,4-8H2. The molecule has 2 heterocycles. The molecular formula is C10H12ClN2O. The highest BCUT2D eigenvalue weighted by Gasteiger charge is 2.11. The minimum Gasteiger partial charge on any atom is -0.379 e. The minimum absolute atomic E-state index is 0.441. The van der Waals surface area contributed by atoms with Crippen LogP contribution in [0, 0.1) is 6.07 Å². The molecule has 4 heteroatoms. The van der Waals surface area contributed by atoms with Crippen molar-refractivity contribution in [2.24, 2.45) is 0 Å². The third-order valence-electron chi connectivity index (χ3n) is 2.21. The lowest BCUT2D eigenvalue weighted by atomic mass is 10.3. The Kier molecular flexibility index (Phi) is 3.35. The lowest BCUT2D eigenvalue weighted by molar-refractivity contribution is 0.0336. The third-order valence-corrected chi connectivity index (χ3v) is 2.40. The van der Waals surface area contributed by atoms with Crippen LogP contribution in [0.4, 0.5) is 0 Å². The fourth-order valence-electron chi connectivity index (χ4n) is 1.48. The fourth-order valence-corrected chi connectivity index (χ4v) is 1.65. The van der Waals surface area contributed by atoms with Crippen LogP contribution in [0.1, 0.15) is 5.69 Å². The van der Waals surface area contributed by atoms with Crippen LogP contribution in [0.2, 0.25) is 5.15 Å². The Bertz CT molecular complexity index is 300. The molecule has 3 nitrogen and oxygen atoms in total. The van der Waals surface area contributed by atoms with Crippen molar-refractivity contribution in [3.63, 3.8) is 0 Å². The summed E-state index contributed by atoms with van der Waals surface area (Å²) < 4.78 is 5.27. The van der Waals surface area contributed by atoms with Crippen LogP contribution in [-0.2, 0) is 11.3 Å². The second-order valence-corrected chi connectivity index (χ2v) is 3.62. The normalized spacial score (nSPS) is 18.4. The number of hydrogen-bond acceptors (Lipinski definition) is 3. The molecule has 0 spiro atoms. The molecule has 2 rings (SSSR count). The van der Waals surface area contributed by atoms with E-state index >= 15 is 0 Å². The van der Waals surface area contributed by atoms with Gasteiger partial charge in [-0.25, -0.2) is 4.98 Å². The molecule has 0 aliphatic carbocycles. The topological polar surface area (TPSA) is 25.4 Å². The summed E-state index contributed by atoms with van der Waals surface area (Å²) in [7, 11) is 0. The van der Waals surface area contributed by atoms with Crippen LogP contribution < -0.4 is 0 Å². The van der Waals surface area contributed by atoms with Crippen molar-refractivity contribution in [3.8, 4) is 0 Å². The molecule has 0 bridgehead atoms. The maximum Gasteiger partial charge on any atom is 0.137 e. The molecule has 1 aliphatic heterocycles. The van der Waals surface area contributed by atoms with Crippen molar-refractivity contribution in [2.75, 3.05) is 26.3 Å².